The maximum atomic E-state index is 13.3. The first-order valence-corrected chi connectivity index (χ1v) is 30.6. The molecule has 17 unspecified atom stereocenters. The SMILES string of the molecule is CCCC/C=C\CCCCCCCC(=O)NC(COC1OC(CO)C(OC2OC(CO)C(OC3OC(CO)C(O)C(O)C3O)C(O)C2O)C(O)C1O)C(O)/C=C/CCCCCCCCCCCCCCCCCCCCCC. The fourth-order valence-electron chi connectivity index (χ4n) is 10.4. The van der Waals surface area contributed by atoms with Gasteiger partial charge in [-0.05, 0) is 38.5 Å². The van der Waals surface area contributed by atoms with Crippen LogP contribution < -0.4 is 5.32 Å². The molecule has 3 rings (SSSR count). The van der Waals surface area contributed by atoms with Gasteiger partial charge in [-0.15, -0.1) is 0 Å². The van der Waals surface area contributed by atoms with Crippen molar-refractivity contribution in [3.8, 4) is 0 Å². The summed E-state index contributed by atoms with van der Waals surface area (Å²) in [7, 11) is 0. The number of aliphatic hydroxyl groups is 11. The van der Waals surface area contributed by atoms with Gasteiger partial charge in [-0.1, -0.05) is 192 Å². The predicted molar refractivity (Wildman–Crippen MR) is 296 cm³/mol. The molecule has 1 amide bonds. The molecule has 78 heavy (non-hydrogen) atoms. The van der Waals surface area contributed by atoms with Gasteiger partial charge in [-0.3, -0.25) is 4.79 Å². The molecule has 3 saturated heterocycles. The standard InChI is InChI=1S/C59H109NO18/c1-3-5-7-9-11-13-15-16-17-18-19-20-21-22-23-24-25-27-28-30-32-34-36-43(64)42(60-47(65)37-35-33-31-29-26-14-12-10-8-6-4-2)41-73-57-53(71)50(68)55(45(39-62)75-57)78-59-54(72)51(69)56(46(40-63)76-59)77-58-52(70)49(67)48(66)44(38-61)74-58/h10,12,34,36,42-46,48-59,61-64,66-72H,3-9,11,13-33,35,37-41H2,1-2H3,(H,60,65)/b12-10-,36-34+. The molecule has 3 aliphatic rings. The van der Waals surface area contributed by atoms with Crippen molar-refractivity contribution in [2.75, 3.05) is 26.4 Å². The number of amides is 1. The first kappa shape index (κ1) is 70.5. The molecule has 19 nitrogen and oxygen atoms in total. The molecule has 0 radical (unpaired) electrons. The average molecular weight is 1120 g/mol. The number of aliphatic hydroxyl groups excluding tert-OH is 11. The van der Waals surface area contributed by atoms with Crippen molar-refractivity contribution in [1.29, 1.82) is 0 Å². The van der Waals surface area contributed by atoms with Crippen LogP contribution in [0.3, 0.4) is 0 Å². The van der Waals surface area contributed by atoms with Crippen LogP contribution in [0.25, 0.3) is 0 Å². The van der Waals surface area contributed by atoms with Gasteiger partial charge in [-0.25, -0.2) is 0 Å². The van der Waals surface area contributed by atoms with Crippen LogP contribution in [0.5, 0.6) is 0 Å². The third-order valence-electron chi connectivity index (χ3n) is 15.5. The van der Waals surface area contributed by atoms with E-state index in [1.165, 1.54) is 122 Å². The Hall–Kier alpha value is -1.73. The Bertz CT molecular complexity index is 1530. The lowest BCUT2D eigenvalue weighted by molar-refractivity contribution is -0.379. The molecule has 0 aromatic rings. The van der Waals surface area contributed by atoms with Crippen LogP contribution in [0.4, 0.5) is 0 Å². The van der Waals surface area contributed by atoms with Gasteiger partial charge in [0.15, 0.2) is 18.9 Å². The maximum Gasteiger partial charge on any atom is 0.220 e. The highest BCUT2D eigenvalue weighted by Crippen LogP contribution is 2.33. The van der Waals surface area contributed by atoms with Crippen LogP contribution in [-0.2, 0) is 33.2 Å². The molecule has 3 aliphatic heterocycles. The van der Waals surface area contributed by atoms with Crippen molar-refractivity contribution in [1.82, 2.24) is 5.32 Å². The largest absolute Gasteiger partial charge is 0.394 e. The minimum atomic E-state index is -1.98. The monoisotopic (exact) mass is 1120 g/mol. The van der Waals surface area contributed by atoms with Crippen LogP contribution in [-0.4, -0.2) is 193 Å². The summed E-state index contributed by atoms with van der Waals surface area (Å²) >= 11 is 0. The number of hydrogen-bond acceptors (Lipinski definition) is 18. The normalized spacial score (nSPS) is 30.6. The van der Waals surface area contributed by atoms with Crippen molar-refractivity contribution < 1.29 is 89.4 Å². The summed E-state index contributed by atoms with van der Waals surface area (Å²) in [6.45, 7) is 1.68. The highest BCUT2D eigenvalue weighted by molar-refractivity contribution is 5.76. The number of unbranched alkanes of at least 4 members (excludes halogenated alkanes) is 27. The van der Waals surface area contributed by atoms with E-state index >= 15 is 0 Å². The van der Waals surface area contributed by atoms with Gasteiger partial charge in [0.05, 0.1) is 38.6 Å². The van der Waals surface area contributed by atoms with Gasteiger partial charge in [0.1, 0.15) is 73.2 Å². The quantitative estimate of drug-likeness (QED) is 0.0263. The van der Waals surface area contributed by atoms with Gasteiger partial charge < -0.3 is 89.9 Å². The fraction of sp³-hybridized carbons (Fsp3) is 0.915. The number of hydrogen-bond donors (Lipinski definition) is 12. The average Bonchev–Trinajstić information content (AvgIpc) is 3.46. The van der Waals surface area contributed by atoms with Gasteiger partial charge in [0, 0.05) is 6.42 Å². The number of carbonyl (C=O) groups excluding carboxylic acids is 1. The Morgan fingerprint density at radius 1 is 0.449 bits per heavy atom. The fourth-order valence-corrected chi connectivity index (χ4v) is 10.4. The maximum absolute atomic E-state index is 13.3. The third kappa shape index (κ3) is 26.7. The lowest BCUT2D eigenvalue weighted by Gasteiger charge is -2.48. The van der Waals surface area contributed by atoms with E-state index in [0.29, 0.717) is 6.42 Å². The summed E-state index contributed by atoms with van der Waals surface area (Å²) in [4.78, 5) is 13.3. The second-order valence-electron chi connectivity index (χ2n) is 22.2. The molecule has 3 fully saturated rings. The first-order valence-electron chi connectivity index (χ1n) is 30.6. The van der Waals surface area contributed by atoms with Crippen molar-refractivity contribution in [2.45, 2.75) is 317 Å². The molecule has 0 saturated carbocycles. The van der Waals surface area contributed by atoms with E-state index in [0.717, 1.165) is 64.2 Å². The second kappa shape index (κ2) is 43.0. The molecule has 0 bridgehead atoms. The number of carbonyl (C=O) groups is 1. The summed E-state index contributed by atoms with van der Waals surface area (Å²) in [6.07, 6.45) is 17.4. The van der Waals surface area contributed by atoms with Gasteiger partial charge in [0.2, 0.25) is 5.91 Å². The molecule has 0 spiro atoms. The van der Waals surface area contributed by atoms with Crippen molar-refractivity contribution in [3.63, 3.8) is 0 Å². The van der Waals surface area contributed by atoms with Gasteiger partial charge in [-0.2, -0.15) is 0 Å². The molecule has 12 N–H and O–H groups in total. The topological polar surface area (TPSA) is 307 Å². The van der Waals surface area contributed by atoms with Crippen LogP contribution in [0.2, 0.25) is 0 Å². The molecule has 458 valence electrons. The zero-order valence-corrected chi connectivity index (χ0v) is 47.7. The van der Waals surface area contributed by atoms with E-state index in [1.54, 1.807) is 6.08 Å². The predicted octanol–water partition coefficient (Wildman–Crippen LogP) is 5.54. The number of rotatable bonds is 45. The summed E-state index contributed by atoms with van der Waals surface area (Å²) in [5.41, 5.74) is 0. The Labute approximate surface area is 467 Å². The summed E-state index contributed by atoms with van der Waals surface area (Å²) in [6, 6.07) is -0.974. The van der Waals surface area contributed by atoms with E-state index in [-0.39, 0.29) is 18.9 Å². The van der Waals surface area contributed by atoms with Crippen LogP contribution >= 0.6 is 0 Å². The second-order valence-corrected chi connectivity index (χ2v) is 22.2. The molecule has 0 aliphatic carbocycles. The molecular weight excluding hydrogens is 1010 g/mol. The highest BCUT2D eigenvalue weighted by Gasteiger charge is 2.53. The van der Waals surface area contributed by atoms with E-state index in [4.69, 9.17) is 28.4 Å². The summed E-state index contributed by atoms with van der Waals surface area (Å²) < 4.78 is 34.2. The van der Waals surface area contributed by atoms with Crippen LogP contribution in [0, 0.1) is 0 Å². The smallest absolute Gasteiger partial charge is 0.220 e. The Morgan fingerprint density at radius 2 is 0.821 bits per heavy atom. The molecule has 0 aromatic carbocycles. The zero-order chi connectivity index (χ0) is 56.9. The molecule has 3 heterocycles. The lowest BCUT2D eigenvalue weighted by atomic mass is 9.96. The molecule has 17 atom stereocenters. The van der Waals surface area contributed by atoms with Crippen molar-refractivity contribution >= 4 is 5.91 Å². The summed E-state index contributed by atoms with van der Waals surface area (Å²) in [5.74, 6) is -0.286. The first-order chi connectivity index (χ1) is 37.8. The minimum absolute atomic E-state index is 0.234. The van der Waals surface area contributed by atoms with E-state index in [9.17, 15) is 61.0 Å². The Balaban J connectivity index is 1.48. The lowest BCUT2D eigenvalue weighted by Crippen LogP contribution is -2.66. The van der Waals surface area contributed by atoms with Crippen molar-refractivity contribution in [2.24, 2.45) is 0 Å². The third-order valence-corrected chi connectivity index (χ3v) is 15.5. The van der Waals surface area contributed by atoms with Gasteiger partial charge in [0.25, 0.3) is 0 Å². The van der Waals surface area contributed by atoms with E-state index in [2.05, 4.69) is 31.3 Å². The molecular formula is C59H109NO18. The summed E-state index contributed by atoms with van der Waals surface area (Å²) in [5, 5.41) is 120. The van der Waals surface area contributed by atoms with Gasteiger partial charge >= 0.3 is 0 Å². The number of ether oxygens (including phenoxy) is 6. The van der Waals surface area contributed by atoms with E-state index in [1.807, 2.05) is 6.08 Å². The number of nitrogens with one attached hydrogen (secondary N) is 1. The Kier molecular flexibility index (Phi) is 38.9. The molecule has 0 aromatic heterocycles. The van der Waals surface area contributed by atoms with Crippen LogP contribution in [0.15, 0.2) is 24.3 Å². The molecule has 19 heteroatoms. The van der Waals surface area contributed by atoms with Crippen molar-refractivity contribution in [3.05, 3.63) is 24.3 Å². The van der Waals surface area contributed by atoms with E-state index < -0.39 is 124 Å². The minimum Gasteiger partial charge on any atom is -0.394 e. The van der Waals surface area contributed by atoms with Crippen LogP contribution in [0.1, 0.15) is 213 Å². The Morgan fingerprint density at radius 3 is 1.28 bits per heavy atom. The zero-order valence-electron chi connectivity index (χ0n) is 47.7. The highest BCUT2D eigenvalue weighted by atomic mass is 16.8. The number of allylic oxidation sites excluding steroid dienone is 3.